The Hall–Kier alpha value is -2.74. The van der Waals surface area contributed by atoms with Crippen molar-refractivity contribution in [3.8, 4) is 0 Å². The third-order valence-electron chi connectivity index (χ3n) is 3.96. The smallest absolute Gasteiger partial charge is 0.0659 e. The summed E-state index contributed by atoms with van der Waals surface area (Å²) in [5.41, 5.74) is 7.59. The molecule has 0 spiro atoms. The molecular formula is C20H13N4Pd-. The third-order valence-corrected chi connectivity index (χ3v) is 3.96. The van der Waals surface area contributed by atoms with E-state index in [0.29, 0.717) is 0 Å². The van der Waals surface area contributed by atoms with E-state index in [0.717, 1.165) is 44.8 Å². The fourth-order valence-corrected chi connectivity index (χ4v) is 2.87. The van der Waals surface area contributed by atoms with Crippen molar-refractivity contribution >= 4 is 46.4 Å². The minimum absolute atomic E-state index is 0. The third kappa shape index (κ3) is 3.25. The van der Waals surface area contributed by atoms with Gasteiger partial charge in [0.25, 0.3) is 0 Å². The molecular weight excluding hydrogens is 403 g/mol. The molecule has 0 aliphatic carbocycles. The molecule has 2 N–H and O–H groups in total. The van der Waals surface area contributed by atoms with E-state index in [4.69, 9.17) is 0 Å². The predicted octanol–water partition coefficient (Wildman–Crippen LogP) is 4.45. The van der Waals surface area contributed by atoms with Crippen molar-refractivity contribution in [1.82, 2.24) is 19.9 Å². The molecule has 5 rings (SSSR count). The van der Waals surface area contributed by atoms with Crippen molar-refractivity contribution < 1.29 is 20.4 Å². The van der Waals surface area contributed by atoms with Crippen molar-refractivity contribution in [3.05, 3.63) is 71.3 Å². The normalized spacial score (nSPS) is 12.2. The number of nitrogens with zero attached hydrogens (tertiary/aromatic N) is 2. The monoisotopic (exact) mass is 415 g/mol. The maximum absolute atomic E-state index is 4.61. The van der Waals surface area contributed by atoms with Gasteiger partial charge < -0.3 is 9.97 Å². The number of hydrogen-bond acceptors (Lipinski definition) is 2. The molecule has 2 aliphatic rings. The first kappa shape index (κ1) is 15.8. The number of aromatic amines is 2. The summed E-state index contributed by atoms with van der Waals surface area (Å²) in [6.45, 7) is 0. The predicted molar refractivity (Wildman–Crippen MR) is 97.7 cm³/mol. The van der Waals surface area contributed by atoms with Crippen LogP contribution >= 0.6 is 0 Å². The summed E-state index contributed by atoms with van der Waals surface area (Å²) in [6, 6.07) is 17.3. The Labute approximate surface area is 158 Å². The first-order valence-corrected chi connectivity index (χ1v) is 7.76. The quantitative estimate of drug-likeness (QED) is 0.290. The van der Waals surface area contributed by atoms with Gasteiger partial charge in [0.2, 0.25) is 0 Å². The SMILES string of the molecule is [Pd].[c-]1cc2cc3nc(cc4nc(cc5ccc(cc1[nH]2)[nH]5)C=C4)C=C3. The van der Waals surface area contributed by atoms with Crippen LogP contribution in [0.2, 0.25) is 0 Å². The Kier molecular flexibility index (Phi) is 3.97. The molecule has 3 aromatic rings. The zero-order chi connectivity index (χ0) is 15.9. The Morgan fingerprint density at radius 2 is 1.20 bits per heavy atom. The first-order valence-electron chi connectivity index (χ1n) is 7.76. The van der Waals surface area contributed by atoms with Gasteiger partial charge in [0.15, 0.2) is 0 Å². The van der Waals surface area contributed by atoms with Crippen molar-refractivity contribution in [3.63, 3.8) is 0 Å². The number of rotatable bonds is 0. The second-order valence-electron chi connectivity index (χ2n) is 5.82. The van der Waals surface area contributed by atoms with Gasteiger partial charge in [0.1, 0.15) is 0 Å². The molecule has 0 saturated carbocycles. The number of fused-ring (bicyclic) bond motifs is 8. The van der Waals surface area contributed by atoms with Crippen LogP contribution in [-0.2, 0) is 20.4 Å². The minimum atomic E-state index is 0. The van der Waals surface area contributed by atoms with Crippen LogP contribution in [0.25, 0.3) is 46.4 Å². The summed E-state index contributed by atoms with van der Waals surface area (Å²) in [5, 5.41) is 0. The molecule has 3 aromatic heterocycles. The van der Waals surface area contributed by atoms with Gasteiger partial charge in [-0.2, -0.15) is 12.1 Å². The fourth-order valence-electron chi connectivity index (χ4n) is 2.87. The number of hydrogen-bond donors (Lipinski definition) is 2. The molecule has 124 valence electrons. The molecule has 2 aliphatic heterocycles. The van der Waals surface area contributed by atoms with E-state index >= 15 is 0 Å². The average molecular weight is 416 g/mol. The molecule has 0 saturated heterocycles. The van der Waals surface area contributed by atoms with E-state index in [1.165, 1.54) is 0 Å². The molecule has 25 heavy (non-hydrogen) atoms. The molecule has 0 atom stereocenters. The van der Waals surface area contributed by atoms with Crippen LogP contribution in [0.1, 0.15) is 22.8 Å². The zero-order valence-electron chi connectivity index (χ0n) is 13.1. The van der Waals surface area contributed by atoms with E-state index in [2.05, 4.69) is 26.0 Å². The van der Waals surface area contributed by atoms with E-state index in [1.54, 1.807) is 0 Å². The molecule has 0 aromatic carbocycles. The van der Waals surface area contributed by atoms with E-state index in [-0.39, 0.29) is 20.4 Å². The van der Waals surface area contributed by atoms with Gasteiger partial charge in [-0.05, 0) is 54.1 Å². The minimum Gasteiger partial charge on any atom is -0.428 e. The van der Waals surface area contributed by atoms with Crippen molar-refractivity contribution in [2.45, 2.75) is 0 Å². The van der Waals surface area contributed by atoms with Crippen molar-refractivity contribution in [1.29, 1.82) is 0 Å². The van der Waals surface area contributed by atoms with Crippen LogP contribution in [0, 0.1) is 6.07 Å². The Bertz CT molecular complexity index is 1080. The topological polar surface area (TPSA) is 57.4 Å². The number of H-pyrrole nitrogens is 2. The van der Waals surface area contributed by atoms with Crippen LogP contribution in [-0.4, -0.2) is 19.9 Å². The molecule has 0 amide bonds. The largest absolute Gasteiger partial charge is 0.428 e. The van der Waals surface area contributed by atoms with Gasteiger partial charge in [-0.1, -0.05) is 17.1 Å². The second-order valence-corrected chi connectivity index (χ2v) is 5.82. The molecule has 5 heteroatoms. The average Bonchev–Trinajstić information content (AvgIpc) is 3.32. The van der Waals surface area contributed by atoms with Crippen molar-refractivity contribution in [2.75, 3.05) is 0 Å². The van der Waals surface area contributed by atoms with Gasteiger partial charge in [-0.25, -0.2) is 4.98 Å². The molecule has 4 nitrogen and oxygen atoms in total. The number of aromatic nitrogens is 4. The first-order chi connectivity index (χ1) is 11.8. The molecule has 0 fully saturated rings. The van der Waals surface area contributed by atoms with E-state index in [9.17, 15) is 0 Å². The maximum Gasteiger partial charge on any atom is 0.0659 e. The zero-order valence-corrected chi connectivity index (χ0v) is 14.6. The van der Waals surface area contributed by atoms with Gasteiger partial charge in [-0.3, -0.25) is 4.98 Å². The van der Waals surface area contributed by atoms with Crippen LogP contribution in [0.5, 0.6) is 0 Å². The van der Waals surface area contributed by atoms with E-state index in [1.807, 2.05) is 66.8 Å². The van der Waals surface area contributed by atoms with Gasteiger partial charge in [-0.15, -0.1) is 6.07 Å². The molecule has 0 radical (unpaired) electrons. The maximum atomic E-state index is 4.61. The number of nitrogens with one attached hydrogen (secondary N) is 2. The standard InChI is InChI=1S/C20H13N4.Pd/c1-2-14-10-16-5-6-18(23-16)12-20-8-7-19(24-20)11-17-4-3-15(22-17)9-13(1)21-14;/h1-7,9-12,23-24H;/q-1;. The van der Waals surface area contributed by atoms with Crippen molar-refractivity contribution in [2.24, 2.45) is 0 Å². The summed E-state index contributed by atoms with van der Waals surface area (Å²) in [6.07, 6.45) is 8.01. The summed E-state index contributed by atoms with van der Waals surface area (Å²) in [4.78, 5) is 15.9. The van der Waals surface area contributed by atoms with Crippen LogP contribution in [0.4, 0.5) is 0 Å². The summed E-state index contributed by atoms with van der Waals surface area (Å²) in [7, 11) is 0. The molecule has 0 unspecified atom stereocenters. The van der Waals surface area contributed by atoms with Gasteiger partial charge >= 0.3 is 0 Å². The summed E-state index contributed by atoms with van der Waals surface area (Å²) >= 11 is 0. The Balaban J connectivity index is 0.00000157. The second kappa shape index (κ2) is 6.29. The molecule has 5 heterocycles. The summed E-state index contributed by atoms with van der Waals surface area (Å²) in [5.74, 6) is 0. The van der Waals surface area contributed by atoms with Crippen LogP contribution in [0.3, 0.4) is 0 Å². The Morgan fingerprint density at radius 1 is 0.640 bits per heavy atom. The Morgan fingerprint density at radius 3 is 1.88 bits per heavy atom. The van der Waals surface area contributed by atoms with Gasteiger partial charge in [0, 0.05) is 25.9 Å². The fraction of sp³-hybridized carbons (Fsp3) is 0. The van der Waals surface area contributed by atoms with Crippen LogP contribution in [0.15, 0.2) is 42.5 Å². The van der Waals surface area contributed by atoms with E-state index < -0.39 is 0 Å². The van der Waals surface area contributed by atoms with Gasteiger partial charge in [0.05, 0.1) is 22.8 Å². The summed E-state index contributed by atoms with van der Waals surface area (Å²) < 4.78 is 0. The molecule has 8 bridgehead atoms. The van der Waals surface area contributed by atoms with Crippen LogP contribution < -0.4 is 0 Å².